The van der Waals surface area contributed by atoms with E-state index in [-0.39, 0.29) is 5.78 Å². The maximum atomic E-state index is 12.3. The highest BCUT2D eigenvalue weighted by Gasteiger charge is 2.16. The lowest BCUT2D eigenvalue weighted by Crippen LogP contribution is -2.08. The monoisotopic (exact) mass is 432 g/mol. The second-order valence-corrected chi connectivity index (χ2v) is 6.33. The summed E-state index contributed by atoms with van der Waals surface area (Å²) in [6, 6.07) is 7.64. The summed E-state index contributed by atoms with van der Waals surface area (Å²) in [7, 11) is 1.88. The molecule has 0 saturated heterocycles. The number of carbonyl (C=O) groups is 1. The predicted molar refractivity (Wildman–Crippen MR) is 87.5 cm³/mol. The van der Waals surface area contributed by atoms with Crippen LogP contribution in [0.5, 0.6) is 0 Å². The zero-order chi connectivity index (χ0) is 14.0. The molecular formula is C14H14BrIN2O. The number of nitrogens with zero attached hydrogens (tertiary/aromatic N) is 2. The minimum atomic E-state index is 0.114. The van der Waals surface area contributed by atoms with E-state index in [0.717, 1.165) is 31.4 Å². The lowest BCUT2D eigenvalue weighted by atomic mass is 10.1. The normalized spacial score (nSPS) is 10.7. The first-order chi connectivity index (χ1) is 9.02. The van der Waals surface area contributed by atoms with Crippen molar-refractivity contribution in [3.63, 3.8) is 0 Å². The lowest BCUT2D eigenvalue weighted by molar-refractivity contribution is 0.0990. The van der Waals surface area contributed by atoms with Gasteiger partial charge in [-0.25, -0.2) is 0 Å². The average molecular weight is 433 g/mol. The third kappa shape index (κ3) is 3.25. The Morgan fingerprint density at radius 1 is 1.37 bits per heavy atom. The van der Waals surface area contributed by atoms with E-state index in [0.29, 0.717) is 6.42 Å². The molecule has 0 aliphatic carbocycles. The molecule has 0 N–H and O–H groups in total. The zero-order valence-electron chi connectivity index (χ0n) is 10.8. The van der Waals surface area contributed by atoms with Crippen LogP contribution < -0.4 is 0 Å². The topological polar surface area (TPSA) is 34.9 Å². The van der Waals surface area contributed by atoms with Crippen molar-refractivity contribution < 1.29 is 4.79 Å². The van der Waals surface area contributed by atoms with E-state index < -0.39 is 0 Å². The third-order valence-electron chi connectivity index (χ3n) is 3.00. The molecule has 0 saturated carbocycles. The van der Waals surface area contributed by atoms with Gasteiger partial charge in [-0.05, 0) is 57.1 Å². The predicted octanol–water partition coefficient (Wildman–Crippen LogP) is 3.78. The maximum absolute atomic E-state index is 12.3. The van der Waals surface area contributed by atoms with Crippen LogP contribution in [0, 0.1) is 3.57 Å². The van der Waals surface area contributed by atoms with Gasteiger partial charge in [0.2, 0.25) is 0 Å². The Morgan fingerprint density at radius 3 is 2.53 bits per heavy atom. The van der Waals surface area contributed by atoms with E-state index in [9.17, 15) is 4.79 Å². The van der Waals surface area contributed by atoms with Gasteiger partial charge in [-0.15, -0.1) is 0 Å². The Labute approximate surface area is 134 Å². The smallest absolute Gasteiger partial charge is 0.168 e. The number of aromatic nitrogens is 2. The largest absolute Gasteiger partial charge is 0.294 e. The van der Waals surface area contributed by atoms with Gasteiger partial charge in [0.25, 0.3) is 0 Å². The molecule has 0 atom stereocenters. The van der Waals surface area contributed by atoms with Crippen molar-refractivity contribution >= 4 is 44.3 Å². The van der Waals surface area contributed by atoms with Gasteiger partial charge in [0.15, 0.2) is 5.78 Å². The van der Waals surface area contributed by atoms with Crippen LogP contribution in [-0.2, 0) is 19.9 Å². The molecule has 0 aliphatic heterocycles. The highest BCUT2D eigenvalue weighted by atomic mass is 127. The molecule has 0 bridgehead atoms. The number of halogens is 2. The second-order valence-electron chi connectivity index (χ2n) is 4.29. The molecule has 1 aromatic carbocycles. The fourth-order valence-corrected chi connectivity index (χ4v) is 3.02. The standard InChI is InChI=1S/C14H14BrIN2O/c1-3-11-14(15)12(18(2)17-11)8-13(19)9-4-6-10(16)7-5-9/h4-7H,3,8H2,1-2H3. The number of rotatable bonds is 4. The Kier molecular flexibility index (Phi) is 4.78. The Balaban J connectivity index is 2.24. The SMILES string of the molecule is CCc1nn(C)c(CC(=O)c2ccc(I)cc2)c1Br. The molecular weight excluding hydrogens is 419 g/mol. The molecule has 0 spiro atoms. The molecule has 1 heterocycles. The van der Waals surface area contributed by atoms with Crippen LogP contribution in [0.1, 0.15) is 28.7 Å². The highest BCUT2D eigenvalue weighted by molar-refractivity contribution is 14.1. The summed E-state index contributed by atoms with van der Waals surface area (Å²) in [5.41, 5.74) is 2.67. The molecule has 0 amide bonds. The van der Waals surface area contributed by atoms with Gasteiger partial charge in [0.05, 0.1) is 22.3 Å². The molecule has 0 unspecified atom stereocenters. The molecule has 0 fully saturated rings. The molecule has 0 aliphatic rings. The fourth-order valence-electron chi connectivity index (χ4n) is 1.90. The van der Waals surface area contributed by atoms with Gasteiger partial charge >= 0.3 is 0 Å². The van der Waals surface area contributed by atoms with E-state index >= 15 is 0 Å². The summed E-state index contributed by atoms with van der Waals surface area (Å²) in [5, 5.41) is 4.41. The number of hydrogen-bond acceptors (Lipinski definition) is 2. The fraction of sp³-hybridized carbons (Fsp3) is 0.286. The number of Topliss-reactive ketones (excluding diaryl/α,β-unsaturated/α-hetero) is 1. The Bertz CT molecular complexity index is 605. The quantitative estimate of drug-likeness (QED) is 0.544. The summed E-state index contributed by atoms with van der Waals surface area (Å²) >= 11 is 5.77. The van der Waals surface area contributed by atoms with E-state index in [1.165, 1.54) is 0 Å². The van der Waals surface area contributed by atoms with Crippen LogP contribution in [0.4, 0.5) is 0 Å². The Morgan fingerprint density at radius 2 is 2.00 bits per heavy atom. The van der Waals surface area contributed by atoms with Crippen molar-refractivity contribution in [3.8, 4) is 0 Å². The molecule has 2 rings (SSSR count). The van der Waals surface area contributed by atoms with Gasteiger partial charge in [0.1, 0.15) is 0 Å². The lowest BCUT2D eigenvalue weighted by Gasteiger charge is -2.03. The van der Waals surface area contributed by atoms with Crippen molar-refractivity contribution in [2.24, 2.45) is 7.05 Å². The molecule has 2 aromatic rings. The zero-order valence-corrected chi connectivity index (χ0v) is 14.5. The minimum Gasteiger partial charge on any atom is -0.294 e. The van der Waals surface area contributed by atoms with E-state index in [1.807, 2.05) is 31.3 Å². The molecule has 5 heteroatoms. The van der Waals surface area contributed by atoms with Gasteiger partial charge < -0.3 is 0 Å². The molecule has 0 radical (unpaired) electrons. The summed E-state index contributed by atoms with van der Waals surface area (Å²) in [6.07, 6.45) is 1.22. The van der Waals surface area contributed by atoms with Crippen molar-refractivity contribution in [2.75, 3.05) is 0 Å². The summed E-state index contributed by atoms with van der Waals surface area (Å²) in [4.78, 5) is 12.3. The summed E-state index contributed by atoms with van der Waals surface area (Å²) in [5.74, 6) is 0.114. The number of aryl methyl sites for hydroxylation is 2. The first-order valence-corrected chi connectivity index (χ1v) is 7.89. The van der Waals surface area contributed by atoms with E-state index in [2.05, 4.69) is 50.5 Å². The number of carbonyl (C=O) groups excluding carboxylic acids is 1. The maximum Gasteiger partial charge on any atom is 0.168 e. The van der Waals surface area contributed by atoms with Crippen LogP contribution >= 0.6 is 38.5 Å². The van der Waals surface area contributed by atoms with E-state index in [4.69, 9.17) is 0 Å². The molecule has 1 aromatic heterocycles. The average Bonchev–Trinajstić information content (AvgIpc) is 2.67. The number of ketones is 1. The molecule has 100 valence electrons. The van der Waals surface area contributed by atoms with Crippen molar-refractivity contribution in [3.05, 3.63) is 49.3 Å². The van der Waals surface area contributed by atoms with Crippen LogP contribution in [0.3, 0.4) is 0 Å². The van der Waals surface area contributed by atoms with Crippen LogP contribution in [0.15, 0.2) is 28.7 Å². The highest BCUT2D eigenvalue weighted by Crippen LogP contribution is 2.23. The van der Waals surface area contributed by atoms with Crippen molar-refractivity contribution in [1.82, 2.24) is 9.78 Å². The van der Waals surface area contributed by atoms with E-state index in [1.54, 1.807) is 4.68 Å². The minimum absolute atomic E-state index is 0.114. The van der Waals surface area contributed by atoms with Crippen molar-refractivity contribution in [2.45, 2.75) is 19.8 Å². The summed E-state index contributed by atoms with van der Waals surface area (Å²) < 4.78 is 3.87. The van der Waals surface area contributed by atoms with Gasteiger partial charge in [-0.1, -0.05) is 19.1 Å². The van der Waals surface area contributed by atoms with Gasteiger partial charge in [-0.2, -0.15) is 5.10 Å². The first kappa shape index (κ1) is 14.7. The summed E-state index contributed by atoms with van der Waals surface area (Å²) in [6.45, 7) is 2.05. The number of benzene rings is 1. The first-order valence-electron chi connectivity index (χ1n) is 6.02. The molecule has 19 heavy (non-hydrogen) atoms. The van der Waals surface area contributed by atoms with Gasteiger partial charge in [0, 0.05) is 16.2 Å². The second kappa shape index (κ2) is 6.17. The van der Waals surface area contributed by atoms with Crippen LogP contribution in [0.25, 0.3) is 0 Å². The van der Waals surface area contributed by atoms with Crippen molar-refractivity contribution in [1.29, 1.82) is 0 Å². The molecule has 3 nitrogen and oxygen atoms in total. The van der Waals surface area contributed by atoms with Gasteiger partial charge in [-0.3, -0.25) is 9.48 Å². The number of hydrogen-bond donors (Lipinski definition) is 0. The third-order valence-corrected chi connectivity index (χ3v) is 4.63. The Hall–Kier alpha value is -0.690. The van der Waals surface area contributed by atoms with Crippen LogP contribution in [0.2, 0.25) is 0 Å². The van der Waals surface area contributed by atoms with Crippen LogP contribution in [-0.4, -0.2) is 15.6 Å².